The number of rotatable bonds is 5. The van der Waals surface area contributed by atoms with Gasteiger partial charge in [-0.15, -0.1) is 0 Å². The van der Waals surface area contributed by atoms with Crippen molar-refractivity contribution in [2.75, 3.05) is 14.2 Å². The van der Waals surface area contributed by atoms with Gasteiger partial charge in [0.2, 0.25) is 0 Å². The minimum absolute atomic E-state index is 0.227. The molecule has 0 aliphatic rings. The van der Waals surface area contributed by atoms with Gasteiger partial charge < -0.3 is 14.2 Å². The average molecular weight is 300 g/mol. The minimum Gasteiger partial charge on any atom is -0.469 e. The highest BCUT2D eigenvalue weighted by molar-refractivity contribution is 5.89. The topological polar surface area (TPSA) is 61.8 Å². The number of benzene rings is 2. The average Bonchev–Trinajstić information content (AvgIpc) is 2.56. The number of methoxy groups -OCH3 is 2. The molecule has 5 heteroatoms. The molecule has 0 N–H and O–H groups in total. The fourth-order valence-electron chi connectivity index (χ4n) is 1.83. The van der Waals surface area contributed by atoms with E-state index in [4.69, 9.17) is 4.74 Å². The zero-order valence-corrected chi connectivity index (χ0v) is 12.4. The summed E-state index contributed by atoms with van der Waals surface area (Å²) in [6.45, 7) is 0. The highest BCUT2D eigenvalue weighted by Gasteiger charge is 2.06. The molecule has 2 aromatic carbocycles. The van der Waals surface area contributed by atoms with Crippen LogP contribution < -0.4 is 4.74 Å². The van der Waals surface area contributed by atoms with E-state index >= 15 is 0 Å². The Balaban J connectivity index is 2.01. The van der Waals surface area contributed by atoms with Gasteiger partial charge in [-0.05, 0) is 42.0 Å². The number of ether oxygens (including phenoxy) is 3. The highest BCUT2D eigenvalue weighted by Crippen LogP contribution is 2.22. The second-order valence-electron chi connectivity index (χ2n) is 4.51. The normalized spacial score (nSPS) is 9.91. The van der Waals surface area contributed by atoms with E-state index in [0.717, 1.165) is 5.56 Å². The van der Waals surface area contributed by atoms with Crippen LogP contribution in [0.25, 0.3) is 0 Å². The SMILES string of the molecule is COC(=O)Cc1ccc(Oc2ccc(C(=O)OC)cc2)cc1. The fourth-order valence-corrected chi connectivity index (χ4v) is 1.83. The maximum Gasteiger partial charge on any atom is 0.337 e. The lowest BCUT2D eigenvalue weighted by Crippen LogP contribution is -2.04. The molecule has 0 heterocycles. The number of hydrogen-bond acceptors (Lipinski definition) is 5. The van der Waals surface area contributed by atoms with Crippen molar-refractivity contribution in [2.24, 2.45) is 0 Å². The van der Waals surface area contributed by atoms with Gasteiger partial charge in [-0.3, -0.25) is 4.79 Å². The lowest BCUT2D eigenvalue weighted by Gasteiger charge is -2.07. The predicted molar refractivity (Wildman–Crippen MR) is 80.0 cm³/mol. The van der Waals surface area contributed by atoms with Gasteiger partial charge in [-0.25, -0.2) is 4.79 Å². The molecule has 0 aliphatic carbocycles. The van der Waals surface area contributed by atoms with Crippen LogP contribution >= 0.6 is 0 Å². The second kappa shape index (κ2) is 7.26. The Morgan fingerprint density at radius 2 is 1.36 bits per heavy atom. The lowest BCUT2D eigenvalue weighted by molar-refractivity contribution is -0.139. The van der Waals surface area contributed by atoms with E-state index in [1.54, 1.807) is 48.5 Å². The molecule has 0 spiro atoms. The predicted octanol–water partition coefficient (Wildman–Crippen LogP) is 2.98. The van der Waals surface area contributed by atoms with E-state index in [2.05, 4.69) is 9.47 Å². The number of carbonyl (C=O) groups is 2. The van der Waals surface area contributed by atoms with E-state index < -0.39 is 5.97 Å². The van der Waals surface area contributed by atoms with Gasteiger partial charge in [0, 0.05) is 0 Å². The van der Waals surface area contributed by atoms with Crippen LogP contribution in [0.15, 0.2) is 48.5 Å². The van der Waals surface area contributed by atoms with E-state index in [-0.39, 0.29) is 12.4 Å². The molecule has 22 heavy (non-hydrogen) atoms. The molecule has 0 bridgehead atoms. The summed E-state index contributed by atoms with van der Waals surface area (Å²) in [5.74, 6) is 0.568. The summed E-state index contributed by atoms with van der Waals surface area (Å²) >= 11 is 0. The number of hydrogen-bond donors (Lipinski definition) is 0. The van der Waals surface area contributed by atoms with Gasteiger partial charge in [0.15, 0.2) is 0 Å². The molecule has 0 amide bonds. The summed E-state index contributed by atoms with van der Waals surface area (Å²) in [7, 11) is 2.69. The summed E-state index contributed by atoms with van der Waals surface area (Å²) in [6, 6.07) is 13.8. The quantitative estimate of drug-likeness (QED) is 0.794. The highest BCUT2D eigenvalue weighted by atomic mass is 16.5. The minimum atomic E-state index is -0.390. The summed E-state index contributed by atoms with van der Waals surface area (Å²) in [6.07, 6.45) is 0.227. The molecule has 0 aliphatic heterocycles. The second-order valence-corrected chi connectivity index (χ2v) is 4.51. The molecule has 0 radical (unpaired) electrons. The summed E-state index contributed by atoms with van der Waals surface area (Å²) in [5, 5.41) is 0. The Labute approximate surface area is 128 Å². The van der Waals surface area contributed by atoms with Crippen LogP contribution in [0.5, 0.6) is 11.5 Å². The monoisotopic (exact) mass is 300 g/mol. The van der Waals surface area contributed by atoms with Crippen molar-refractivity contribution in [3.63, 3.8) is 0 Å². The van der Waals surface area contributed by atoms with Crippen LogP contribution in [-0.4, -0.2) is 26.2 Å². The molecule has 0 aromatic heterocycles. The molecule has 2 aromatic rings. The lowest BCUT2D eigenvalue weighted by atomic mass is 10.1. The molecule has 0 saturated heterocycles. The van der Waals surface area contributed by atoms with Crippen molar-refractivity contribution in [1.29, 1.82) is 0 Å². The van der Waals surface area contributed by atoms with Gasteiger partial charge >= 0.3 is 11.9 Å². The molecule has 114 valence electrons. The zero-order valence-electron chi connectivity index (χ0n) is 12.4. The van der Waals surface area contributed by atoms with Crippen molar-refractivity contribution in [1.82, 2.24) is 0 Å². The summed E-state index contributed by atoms with van der Waals surface area (Å²) in [5.41, 5.74) is 1.31. The van der Waals surface area contributed by atoms with Crippen molar-refractivity contribution in [3.8, 4) is 11.5 Å². The standard InChI is InChI=1S/C17H16O5/c1-20-16(18)11-12-3-7-14(8-4-12)22-15-9-5-13(6-10-15)17(19)21-2/h3-10H,11H2,1-2H3. The van der Waals surface area contributed by atoms with Gasteiger partial charge in [-0.2, -0.15) is 0 Å². The van der Waals surface area contributed by atoms with E-state index in [1.807, 2.05) is 0 Å². The van der Waals surface area contributed by atoms with Crippen LogP contribution in [0.3, 0.4) is 0 Å². The first-order valence-electron chi connectivity index (χ1n) is 6.64. The Morgan fingerprint density at radius 3 is 1.86 bits per heavy atom. The number of esters is 2. The van der Waals surface area contributed by atoms with Crippen LogP contribution in [0.2, 0.25) is 0 Å². The van der Waals surface area contributed by atoms with E-state index in [0.29, 0.717) is 17.1 Å². The molecular weight excluding hydrogens is 284 g/mol. The van der Waals surface area contributed by atoms with E-state index in [9.17, 15) is 9.59 Å². The van der Waals surface area contributed by atoms with Crippen LogP contribution in [0.4, 0.5) is 0 Å². The number of carbonyl (C=O) groups excluding carboxylic acids is 2. The third-order valence-corrected chi connectivity index (χ3v) is 3.01. The molecule has 0 saturated carbocycles. The van der Waals surface area contributed by atoms with Crippen LogP contribution in [0, 0.1) is 0 Å². The Bertz CT molecular complexity index is 644. The van der Waals surface area contributed by atoms with Crippen LogP contribution in [-0.2, 0) is 20.7 Å². The van der Waals surface area contributed by atoms with Gasteiger partial charge in [0.05, 0.1) is 26.2 Å². The zero-order chi connectivity index (χ0) is 15.9. The van der Waals surface area contributed by atoms with Gasteiger partial charge in [0.25, 0.3) is 0 Å². The third kappa shape index (κ3) is 4.09. The molecule has 0 atom stereocenters. The smallest absolute Gasteiger partial charge is 0.337 e. The fraction of sp³-hybridized carbons (Fsp3) is 0.176. The molecule has 5 nitrogen and oxygen atoms in total. The molecule has 0 fully saturated rings. The van der Waals surface area contributed by atoms with Crippen molar-refractivity contribution in [3.05, 3.63) is 59.7 Å². The Kier molecular flexibility index (Phi) is 5.14. The van der Waals surface area contributed by atoms with Gasteiger partial charge in [0.1, 0.15) is 11.5 Å². The van der Waals surface area contributed by atoms with Crippen LogP contribution in [0.1, 0.15) is 15.9 Å². The first kappa shape index (κ1) is 15.6. The first-order valence-corrected chi connectivity index (χ1v) is 6.64. The van der Waals surface area contributed by atoms with Gasteiger partial charge in [-0.1, -0.05) is 12.1 Å². The Hall–Kier alpha value is -2.82. The summed E-state index contributed by atoms with van der Waals surface area (Å²) in [4.78, 5) is 22.5. The Morgan fingerprint density at radius 1 is 0.818 bits per heavy atom. The van der Waals surface area contributed by atoms with Crippen molar-refractivity contribution < 1.29 is 23.8 Å². The maximum absolute atomic E-state index is 11.3. The van der Waals surface area contributed by atoms with E-state index in [1.165, 1.54) is 14.2 Å². The largest absolute Gasteiger partial charge is 0.469 e. The first-order chi connectivity index (χ1) is 10.6. The molecular formula is C17H16O5. The molecule has 0 unspecified atom stereocenters. The van der Waals surface area contributed by atoms with Crippen molar-refractivity contribution >= 4 is 11.9 Å². The van der Waals surface area contributed by atoms with Crippen molar-refractivity contribution in [2.45, 2.75) is 6.42 Å². The molecule has 2 rings (SSSR count). The maximum atomic E-state index is 11.3. The third-order valence-electron chi connectivity index (χ3n) is 3.01. The summed E-state index contributed by atoms with van der Waals surface area (Å²) < 4.78 is 14.9.